The van der Waals surface area contributed by atoms with Gasteiger partial charge in [-0.25, -0.2) is 4.68 Å². The predicted octanol–water partition coefficient (Wildman–Crippen LogP) is 3.52. The molecule has 2 heterocycles. The first-order chi connectivity index (χ1) is 9.88. The van der Waals surface area contributed by atoms with Crippen LogP contribution in [0.15, 0.2) is 30.7 Å². The molecule has 0 atom stereocenters. The molecule has 0 unspecified atom stereocenters. The van der Waals surface area contributed by atoms with Crippen molar-refractivity contribution in [3.63, 3.8) is 0 Å². The number of carbonyl (C=O) groups is 1. The first-order valence-corrected chi connectivity index (χ1v) is 7.33. The highest BCUT2D eigenvalue weighted by molar-refractivity contribution is 5.76. The second-order valence-corrected chi connectivity index (χ2v) is 5.43. The summed E-state index contributed by atoms with van der Waals surface area (Å²) in [6, 6.07) is 3.80. The lowest BCUT2D eigenvalue weighted by Crippen LogP contribution is -2.02. The van der Waals surface area contributed by atoms with E-state index in [0.29, 0.717) is 5.92 Å². The van der Waals surface area contributed by atoms with Crippen LogP contribution < -0.4 is 0 Å². The van der Waals surface area contributed by atoms with Gasteiger partial charge in [-0.3, -0.25) is 9.78 Å². The van der Waals surface area contributed by atoms with Gasteiger partial charge in [-0.15, -0.1) is 0 Å². The Labute approximate surface area is 118 Å². The monoisotopic (exact) mass is 269 g/mol. The summed E-state index contributed by atoms with van der Waals surface area (Å²) in [6.45, 7) is 0. The number of hydrogen-bond acceptors (Lipinski definition) is 3. The van der Waals surface area contributed by atoms with Crippen molar-refractivity contribution >= 4 is 6.29 Å². The van der Waals surface area contributed by atoms with Gasteiger partial charge in [0, 0.05) is 24.5 Å². The molecule has 1 aliphatic rings. The molecular formula is C16H19N3O. The maximum Gasteiger partial charge on any atom is 0.153 e. The average Bonchev–Trinajstić information content (AvgIpc) is 2.75. The minimum absolute atomic E-state index is 0.431. The molecular weight excluding hydrogens is 250 g/mol. The van der Waals surface area contributed by atoms with E-state index in [1.54, 1.807) is 17.1 Å². The third-order valence-electron chi connectivity index (χ3n) is 4.07. The van der Waals surface area contributed by atoms with Gasteiger partial charge in [0.1, 0.15) is 0 Å². The molecule has 0 bridgehead atoms. The van der Waals surface area contributed by atoms with Crippen LogP contribution in [0.2, 0.25) is 0 Å². The number of hydrogen-bond donors (Lipinski definition) is 0. The molecule has 104 valence electrons. The van der Waals surface area contributed by atoms with Gasteiger partial charge in [0.15, 0.2) is 6.29 Å². The second kappa shape index (κ2) is 5.99. The van der Waals surface area contributed by atoms with Gasteiger partial charge in [0.2, 0.25) is 0 Å². The Morgan fingerprint density at radius 3 is 2.45 bits per heavy atom. The highest BCUT2D eigenvalue weighted by Gasteiger charge is 2.21. The van der Waals surface area contributed by atoms with E-state index >= 15 is 0 Å². The van der Waals surface area contributed by atoms with Gasteiger partial charge in [0.25, 0.3) is 0 Å². The van der Waals surface area contributed by atoms with Crippen molar-refractivity contribution in [3.8, 4) is 5.69 Å². The minimum Gasteiger partial charge on any atom is -0.298 e. The van der Waals surface area contributed by atoms with Crippen LogP contribution in [0.1, 0.15) is 60.5 Å². The zero-order valence-corrected chi connectivity index (χ0v) is 11.5. The highest BCUT2D eigenvalue weighted by Crippen LogP contribution is 2.32. The van der Waals surface area contributed by atoms with Crippen molar-refractivity contribution < 1.29 is 4.79 Å². The van der Waals surface area contributed by atoms with Crippen LogP contribution >= 0.6 is 0 Å². The number of pyridine rings is 1. The lowest BCUT2D eigenvalue weighted by molar-refractivity contribution is 0.112. The van der Waals surface area contributed by atoms with E-state index in [9.17, 15) is 4.79 Å². The van der Waals surface area contributed by atoms with Gasteiger partial charge in [-0.05, 0) is 25.0 Å². The molecule has 2 aromatic heterocycles. The summed E-state index contributed by atoms with van der Waals surface area (Å²) in [6.07, 6.45) is 13.6. The van der Waals surface area contributed by atoms with E-state index in [0.717, 1.165) is 36.1 Å². The predicted molar refractivity (Wildman–Crippen MR) is 77.2 cm³/mol. The van der Waals surface area contributed by atoms with E-state index in [1.807, 2.05) is 18.3 Å². The van der Waals surface area contributed by atoms with Crippen LogP contribution in [0.4, 0.5) is 0 Å². The molecule has 0 saturated heterocycles. The number of nitrogens with zero attached hydrogens (tertiary/aromatic N) is 3. The normalized spacial score (nSPS) is 16.8. The topological polar surface area (TPSA) is 47.8 Å². The van der Waals surface area contributed by atoms with E-state index in [-0.39, 0.29) is 0 Å². The first-order valence-electron chi connectivity index (χ1n) is 7.33. The van der Waals surface area contributed by atoms with Gasteiger partial charge >= 0.3 is 0 Å². The molecule has 0 radical (unpaired) electrons. The smallest absolute Gasteiger partial charge is 0.153 e. The Kier molecular flexibility index (Phi) is 3.90. The van der Waals surface area contributed by atoms with Crippen LogP contribution in [0, 0.1) is 0 Å². The Bertz CT molecular complexity index is 569. The standard InChI is InChI=1S/C16H19N3O/c20-12-14-11-19(15-7-9-17-10-8-15)18-16(14)13-5-3-1-2-4-6-13/h7-13H,1-6H2. The largest absolute Gasteiger partial charge is 0.298 e. The van der Waals surface area contributed by atoms with Crippen LogP contribution in [-0.4, -0.2) is 21.1 Å². The fourth-order valence-electron chi connectivity index (χ4n) is 2.99. The molecule has 0 amide bonds. The Hall–Kier alpha value is -1.97. The molecule has 3 rings (SSSR count). The summed E-state index contributed by atoms with van der Waals surface area (Å²) in [5.74, 6) is 0.431. The van der Waals surface area contributed by atoms with Crippen molar-refractivity contribution in [2.75, 3.05) is 0 Å². The Balaban J connectivity index is 1.94. The summed E-state index contributed by atoms with van der Waals surface area (Å²) in [5.41, 5.74) is 2.65. The molecule has 1 fully saturated rings. The molecule has 0 aliphatic heterocycles. The maximum atomic E-state index is 11.3. The van der Waals surface area contributed by atoms with Crippen LogP contribution in [-0.2, 0) is 0 Å². The van der Waals surface area contributed by atoms with Gasteiger partial charge in [-0.1, -0.05) is 25.7 Å². The number of rotatable bonds is 3. The van der Waals surface area contributed by atoms with Crippen molar-refractivity contribution in [1.29, 1.82) is 0 Å². The van der Waals surface area contributed by atoms with Crippen LogP contribution in [0.3, 0.4) is 0 Å². The Morgan fingerprint density at radius 2 is 1.80 bits per heavy atom. The molecule has 4 nitrogen and oxygen atoms in total. The minimum atomic E-state index is 0.431. The maximum absolute atomic E-state index is 11.3. The summed E-state index contributed by atoms with van der Waals surface area (Å²) in [4.78, 5) is 15.3. The molecule has 4 heteroatoms. The number of aromatic nitrogens is 3. The Morgan fingerprint density at radius 1 is 1.10 bits per heavy atom. The summed E-state index contributed by atoms with van der Waals surface area (Å²) in [7, 11) is 0. The van der Waals surface area contributed by atoms with Gasteiger partial charge in [0.05, 0.1) is 16.9 Å². The van der Waals surface area contributed by atoms with Crippen molar-refractivity contribution in [2.24, 2.45) is 0 Å². The van der Waals surface area contributed by atoms with Crippen molar-refractivity contribution in [2.45, 2.75) is 44.4 Å². The zero-order valence-electron chi connectivity index (χ0n) is 11.5. The molecule has 1 aliphatic carbocycles. The zero-order chi connectivity index (χ0) is 13.8. The van der Waals surface area contributed by atoms with Gasteiger partial charge in [-0.2, -0.15) is 5.10 Å². The van der Waals surface area contributed by atoms with Crippen molar-refractivity contribution in [1.82, 2.24) is 14.8 Å². The first kappa shape index (κ1) is 13.0. The average molecular weight is 269 g/mol. The second-order valence-electron chi connectivity index (χ2n) is 5.43. The van der Waals surface area contributed by atoms with E-state index in [1.165, 1.54) is 25.7 Å². The fraction of sp³-hybridized carbons (Fsp3) is 0.438. The molecule has 2 aromatic rings. The van der Waals surface area contributed by atoms with Gasteiger partial charge < -0.3 is 0 Å². The molecule has 20 heavy (non-hydrogen) atoms. The number of carbonyl (C=O) groups excluding carboxylic acids is 1. The molecule has 0 N–H and O–H groups in total. The number of aldehydes is 1. The molecule has 1 saturated carbocycles. The SMILES string of the molecule is O=Cc1cn(-c2ccncc2)nc1C1CCCCCC1. The lowest BCUT2D eigenvalue weighted by Gasteiger charge is -2.11. The molecule has 0 aromatic carbocycles. The highest BCUT2D eigenvalue weighted by atomic mass is 16.1. The molecule has 0 spiro atoms. The van der Waals surface area contributed by atoms with E-state index < -0.39 is 0 Å². The van der Waals surface area contributed by atoms with E-state index in [4.69, 9.17) is 0 Å². The quantitative estimate of drug-likeness (QED) is 0.632. The summed E-state index contributed by atoms with van der Waals surface area (Å²) < 4.78 is 1.80. The lowest BCUT2D eigenvalue weighted by atomic mass is 9.94. The summed E-state index contributed by atoms with van der Waals surface area (Å²) >= 11 is 0. The van der Waals surface area contributed by atoms with E-state index in [2.05, 4.69) is 10.1 Å². The summed E-state index contributed by atoms with van der Waals surface area (Å²) in [5, 5.41) is 4.67. The third kappa shape index (κ3) is 2.64. The van der Waals surface area contributed by atoms with Crippen LogP contribution in [0.5, 0.6) is 0 Å². The van der Waals surface area contributed by atoms with Crippen molar-refractivity contribution in [3.05, 3.63) is 42.0 Å². The fourth-order valence-corrected chi connectivity index (χ4v) is 2.99. The third-order valence-corrected chi connectivity index (χ3v) is 4.07. The van der Waals surface area contributed by atoms with Crippen LogP contribution in [0.25, 0.3) is 5.69 Å².